The predicted molar refractivity (Wildman–Crippen MR) is 112 cm³/mol. The number of hydrogen-bond acceptors (Lipinski definition) is 6. The van der Waals surface area contributed by atoms with Crippen LogP contribution >= 0.6 is 0 Å². The van der Waals surface area contributed by atoms with Gasteiger partial charge < -0.3 is 26.0 Å². The van der Waals surface area contributed by atoms with Crippen LogP contribution < -0.4 is 10.6 Å². The normalized spacial score (nSPS) is 15.2. The molecule has 1 aromatic heterocycles. The molecule has 0 fully saturated rings. The van der Waals surface area contributed by atoms with E-state index in [0.717, 1.165) is 18.3 Å². The number of anilines is 1. The summed E-state index contributed by atoms with van der Waals surface area (Å²) in [5.74, 6) is -0.346. The molecule has 4 N–H and O–H groups in total. The predicted octanol–water partition coefficient (Wildman–Crippen LogP) is 3.18. The second-order valence-electron chi connectivity index (χ2n) is 7.03. The van der Waals surface area contributed by atoms with Gasteiger partial charge in [-0.15, -0.1) is 0 Å². The number of aromatic nitrogens is 1. The molecule has 1 amide bonds. The summed E-state index contributed by atoms with van der Waals surface area (Å²) in [4.78, 5) is 19.1. The van der Waals surface area contributed by atoms with Crippen molar-refractivity contribution in [3.63, 3.8) is 0 Å². The van der Waals surface area contributed by atoms with Gasteiger partial charge in [-0.2, -0.15) is 13.2 Å². The highest BCUT2D eigenvalue weighted by atomic mass is 19.4. The summed E-state index contributed by atoms with van der Waals surface area (Å²) in [5.41, 5.74) is 1.29. The van der Waals surface area contributed by atoms with Gasteiger partial charge in [-0.1, -0.05) is 12.1 Å². The summed E-state index contributed by atoms with van der Waals surface area (Å²) in [7, 11) is 1.65. The highest BCUT2D eigenvalue weighted by Gasteiger charge is 2.32. The van der Waals surface area contributed by atoms with E-state index < -0.39 is 17.8 Å². The number of nitrogens with zero attached hydrogens (tertiary/aromatic N) is 2. The number of hydrogen-bond donors (Lipinski definition) is 4. The maximum Gasteiger partial charge on any atom is 0.416 e. The van der Waals surface area contributed by atoms with E-state index in [4.69, 9.17) is 5.41 Å². The number of halogens is 3. The molecule has 10 heteroatoms. The molecular weight excluding hydrogens is 411 g/mol. The third-order valence-electron chi connectivity index (χ3n) is 4.97. The minimum Gasteiger partial charge on any atom is -0.394 e. The van der Waals surface area contributed by atoms with Crippen LogP contribution in [0.5, 0.6) is 0 Å². The van der Waals surface area contributed by atoms with Crippen molar-refractivity contribution in [2.24, 2.45) is 0 Å². The Labute approximate surface area is 177 Å². The summed E-state index contributed by atoms with van der Waals surface area (Å²) in [6.45, 7) is 1.62. The van der Waals surface area contributed by atoms with Gasteiger partial charge in [0.25, 0.3) is 5.91 Å². The lowest BCUT2D eigenvalue weighted by Crippen LogP contribution is -2.47. The molecule has 164 valence electrons. The Morgan fingerprint density at radius 2 is 2.06 bits per heavy atom. The number of alkyl halides is 3. The number of fused-ring (bicyclic) bond motifs is 1. The first-order valence-corrected chi connectivity index (χ1v) is 9.48. The van der Waals surface area contributed by atoms with Crippen molar-refractivity contribution < 1.29 is 23.1 Å². The third kappa shape index (κ3) is 4.38. The van der Waals surface area contributed by atoms with Crippen LogP contribution in [0.25, 0.3) is 16.8 Å². The Hall–Kier alpha value is -3.40. The summed E-state index contributed by atoms with van der Waals surface area (Å²) < 4.78 is 38.8. The molecule has 3 rings (SSSR count). The lowest BCUT2D eigenvalue weighted by Gasteiger charge is -2.34. The zero-order chi connectivity index (χ0) is 22.8. The number of pyridine rings is 1. The summed E-state index contributed by atoms with van der Waals surface area (Å²) in [5, 5.41) is 23.1. The number of carbonyl (C=O) groups excluding carboxylic acids is 1. The van der Waals surface area contributed by atoms with Crippen LogP contribution in [0, 0.1) is 5.41 Å². The average Bonchev–Trinajstić information content (AvgIpc) is 2.76. The first-order valence-electron chi connectivity index (χ1n) is 9.48. The van der Waals surface area contributed by atoms with Crippen molar-refractivity contribution in [1.29, 1.82) is 5.41 Å². The Kier molecular flexibility index (Phi) is 6.30. The number of benzene rings is 1. The van der Waals surface area contributed by atoms with Crippen LogP contribution in [-0.4, -0.2) is 53.5 Å². The molecule has 0 aliphatic carbocycles. The molecule has 1 unspecified atom stereocenters. The molecular formula is C21H22F3N5O2. The second kappa shape index (κ2) is 8.76. The second-order valence-corrected chi connectivity index (χ2v) is 7.03. The largest absolute Gasteiger partial charge is 0.416 e. The summed E-state index contributed by atoms with van der Waals surface area (Å²) >= 11 is 0. The number of nitrogens with one attached hydrogen (secondary N) is 3. The molecule has 1 atom stereocenters. The molecule has 1 aliphatic rings. The van der Waals surface area contributed by atoms with Crippen LogP contribution in [0.4, 0.5) is 18.9 Å². The zero-order valence-corrected chi connectivity index (χ0v) is 16.9. The Balaban J connectivity index is 2.18. The molecule has 0 saturated heterocycles. The molecule has 7 nitrogen and oxygen atoms in total. The van der Waals surface area contributed by atoms with E-state index in [9.17, 15) is 23.1 Å². The van der Waals surface area contributed by atoms with Gasteiger partial charge in [0, 0.05) is 30.6 Å². The SMILES string of the molecule is CN/C=C(\C=N)c1nc(-c2ccc(C(F)(F)F)cc2)cc2c1NCN(C(C)CO)C2=O. The quantitative estimate of drug-likeness (QED) is 0.524. The number of rotatable bonds is 6. The lowest BCUT2D eigenvalue weighted by atomic mass is 9.99. The Morgan fingerprint density at radius 3 is 2.61 bits per heavy atom. The topological polar surface area (TPSA) is 101 Å². The molecule has 1 aromatic carbocycles. The van der Waals surface area contributed by atoms with E-state index in [1.54, 1.807) is 20.2 Å². The van der Waals surface area contributed by atoms with E-state index in [1.807, 2.05) is 0 Å². The molecule has 0 radical (unpaired) electrons. The molecule has 0 spiro atoms. The van der Waals surface area contributed by atoms with Crippen LogP contribution in [0.1, 0.15) is 28.5 Å². The average molecular weight is 433 g/mol. The van der Waals surface area contributed by atoms with Crippen molar-refractivity contribution in [1.82, 2.24) is 15.2 Å². The summed E-state index contributed by atoms with van der Waals surface area (Å²) in [6, 6.07) is 5.57. The Morgan fingerprint density at radius 1 is 1.39 bits per heavy atom. The fourth-order valence-corrected chi connectivity index (χ4v) is 3.26. The molecule has 2 heterocycles. The molecule has 1 aliphatic heterocycles. The van der Waals surface area contributed by atoms with E-state index in [2.05, 4.69) is 15.6 Å². The van der Waals surface area contributed by atoms with Crippen molar-refractivity contribution in [3.05, 3.63) is 53.4 Å². The van der Waals surface area contributed by atoms with Gasteiger partial charge in [0.05, 0.1) is 47.5 Å². The van der Waals surface area contributed by atoms with Crippen LogP contribution in [0.2, 0.25) is 0 Å². The van der Waals surface area contributed by atoms with Gasteiger partial charge in [-0.05, 0) is 25.1 Å². The van der Waals surface area contributed by atoms with Crippen molar-refractivity contribution >= 4 is 23.4 Å². The first-order chi connectivity index (χ1) is 14.7. The minimum atomic E-state index is -4.46. The van der Waals surface area contributed by atoms with E-state index in [0.29, 0.717) is 28.2 Å². The van der Waals surface area contributed by atoms with Gasteiger partial charge in [0.15, 0.2) is 0 Å². The van der Waals surface area contributed by atoms with E-state index in [1.165, 1.54) is 23.1 Å². The highest BCUT2D eigenvalue weighted by Crippen LogP contribution is 2.35. The van der Waals surface area contributed by atoms with E-state index >= 15 is 0 Å². The van der Waals surface area contributed by atoms with Gasteiger partial charge in [0.1, 0.15) is 0 Å². The monoisotopic (exact) mass is 433 g/mol. The number of amides is 1. The minimum absolute atomic E-state index is 0.146. The lowest BCUT2D eigenvalue weighted by molar-refractivity contribution is -0.137. The van der Waals surface area contributed by atoms with Crippen molar-refractivity contribution in [3.8, 4) is 11.3 Å². The van der Waals surface area contributed by atoms with Crippen molar-refractivity contribution in [2.75, 3.05) is 25.6 Å². The smallest absolute Gasteiger partial charge is 0.394 e. The number of allylic oxidation sites excluding steroid dienone is 1. The van der Waals surface area contributed by atoms with Gasteiger partial charge in [0.2, 0.25) is 0 Å². The standard InChI is InChI=1S/C21H22F3N5O2/c1-12(10-30)29-11-27-19-16(20(29)31)7-17(28-18(19)14(8-25)9-26-2)13-3-5-15(6-4-13)21(22,23)24/h3-9,12,25-27,30H,10-11H2,1-2H3/b14-9+,25-8?. The molecule has 0 saturated carbocycles. The number of aliphatic hydroxyl groups excluding tert-OH is 1. The number of carbonyl (C=O) groups is 1. The zero-order valence-electron chi connectivity index (χ0n) is 16.9. The fraction of sp³-hybridized carbons (Fsp3) is 0.286. The van der Waals surface area contributed by atoms with E-state index in [-0.39, 0.29) is 24.7 Å². The molecule has 2 aromatic rings. The maximum absolute atomic E-state index is 13.1. The van der Waals surface area contributed by atoms with Gasteiger partial charge in [-0.25, -0.2) is 4.98 Å². The van der Waals surface area contributed by atoms with Crippen LogP contribution in [0.15, 0.2) is 36.5 Å². The van der Waals surface area contributed by atoms with Gasteiger partial charge >= 0.3 is 6.18 Å². The number of aliphatic hydroxyl groups is 1. The third-order valence-corrected chi connectivity index (χ3v) is 4.97. The fourth-order valence-electron chi connectivity index (χ4n) is 3.26. The highest BCUT2D eigenvalue weighted by molar-refractivity contribution is 6.13. The van der Waals surface area contributed by atoms with Gasteiger partial charge in [-0.3, -0.25) is 4.79 Å². The van der Waals surface area contributed by atoms with Crippen LogP contribution in [0.3, 0.4) is 0 Å². The first kappa shape index (κ1) is 22.3. The molecule has 31 heavy (non-hydrogen) atoms. The molecule has 0 bridgehead atoms. The van der Waals surface area contributed by atoms with Crippen LogP contribution in [-0.2, 0) is 6.18 Å². The summed E-state index contributed by atoms with van der Waals surface area (Å²) in [6.07, 6.45) is -1.85. The Bertz CT molecular complexity index is 1020. The van der Waals surface area contributed by atoms with Crippen molar-refractivity contribution in [2.45, 2.75) is 19.1 Å². The maximum atomic E-state index is 13.1.